The van der Waals surface area contributed by atoms with Gasteiger partial charge in [0.25, 0.3) is 5.91 Å². The number of carbonyl (C=O) groups excluding carboxylic acids is 1. The molecule has 0 spiro atoms. The fourth-order valence-electron chi connectivity index (χ4n) is 2.39. The van der Waals surface area contributed by atoms with Crippen molar-refractivity contribution >= 4 is 16.8 Å². The number of aromatic nitrogens is 1. The van der Waals surface area contributed by atoms with E-state index in [0.29, 0.717) is 12.1 Å². The molecule has 2 aromatic carbocycles. The molecular formula is C19H21FN2O. The monoisotopic (exact) mass is 312 g/mol. The van der Waals surface area contributed by atoms with Crippen LogP contribution >= 0.6 is 0 Å². The minimum atomic E-state index is -0.260. The van der Waals surface area contributed by atoms with Crippen LogP contribution in [-0.2, 0) is 0 Å². The quantitative estimate of drug-likeness (QED) is 0.720. The molecule has 3 aromatic rings. The maximum atomic E-state index is 13.0. The van der Waals surface area contributed by atoms with Gasteiger partial charge in [-0.3, -0.25) is 4.79 Å². The number of amides is 1. The van der Waals surface area contributed by atoms with E-state index in [9.17, 15) is 9.18 Å². The average Bonchev–Trinajstić information content (AvgIpc) is 3.01. The van der Waals surface area contributed by atoms with Gasteiger partial charge in [-0.05, 0) is 42.3 Å². The number of benzene rings is 2. The van der Waals surface area contributed by atoms with Crippen molar-refractivity contribution in [2.75, 3.05) is 6.54 Å². The third kappa shape index (κ3) is 3.59. The van der Waals surface area contributed by atoms with Crippen molar-refractivity contribution in [3.63, 3.8) is 0 Å². The summed E-state index contributed by atoms with van der Waals surface area (Å²) >= 11 is 0. The van der Waals surface area contributed by atoms with Crippen molar-refractivity contribution in [1.29, 1.82) is 0 Å². The number of aromatic amines is 1. The molecule has 3 nitrogen and oxygen atoms in total. The average molecular weight is 312 g/mol. The molecule has 0 aliphatic rings. The van der Waals surface area contributed by atoms with Crippen LogP contribution in [0.3, 0.4) is 0 Å². The normalized spacial score (nSPS) is 10.1. The molecule has 0 atom stereocenters. The molecule has 23 heavy (non-hydrogen) atoms. The van der Waals surface area contributed by atoms with Crippen LogP contribution < -0.4 is 5.32 Å². The third-order valence-electron chi connectivity index (χ3n) is 3.44. The zero-order valence-electron chi connectivity index (χ0n) is 13.6. The molecule has 1 amide bonds. The van der Waals surface area contributed by atoms with Gasteiger partial charge in [-0.2, -0.15) is 0 Å². The van der Waals surface area contributed by atoms with Crippen LogP contribution in [0.5, 0.6) is 0 Å². The number of hydrogen-bond acceptors (Lipinski definition) is 1. The number of nitrogens with one attached hydrogen (secondary N) is 2. The van der Waals surface area contributed by atoms with E-state index < -0.39 is 0 Å². The minimum Gasteiger partial charge on any atom is -0.360 e. The molecule has 0 radical (unpaired) electrons. The minimum absolute atomic E-state index is 0.0972. The lowest BCUT2D eigenvalue weighted by Crippen LogP contribution is -2.22. The molecule has 0 aliphatic heterocycles. The van der Waals surface area contributed by atoms with E-state index in [-0.39, 0.29) is 11.7 Å². The van der Waals surface area contributed by atoms with Gasteiger partial charge in [0.15, 0.2) is 0 Å². The predicted octanol–water partition coefficient (Wildman–Crippen LogP) is 4.75. The number of halogens is 1. The van der Waals surface area contributed by atoms with E-state index in [1.165, 1.54) is 12.1 Å². The number of rotatable bonds is 3. The highest BCUT2D eigenvalue weighted by molar-refractivity contribution is 6.07. The Morgan fingerprint density at radius 3 is 2.39 bits per heavy atom. The van der Waals surface area contributed by atoms with Crippen LogP contribution in [-0.4, -0.2) is 17.4 Å². The van der Waals surface area contributed by atoms with Crippen molar-refractivity contribution < 1.29 is 9.18 Å². The van der Waals surface area contributed by atoms with Crippen molar-refractivity contribution in [2.24, 2.45) is 0 Å². The van der Waals surface area contributed by atoms with Crippen LogP contribution in [0.4, 0.5) is 4.39 Å². The van der Waals surface area contributed by atoms with E-state index in [1.54, 1.807) is 18.3 Å². The van der Waals surface area contributed by atoms with Crippen molar-refractivity contribution in [1.82, 2.24) is 10.3 Å². The Morgan fingerprint density at radius 1 is 1.09 bits per heavy atom. The topological polar surface area (TPSA) is 44.9 Å². The third-order valence-corrected chi connectivity index (χ3v) is 3.44. The summed E-state index contributed by atoms with van der Waals surface area (Å²) in [6.45, 7) is 6.47. The molecule has 0 saturated carbocycles. The standard InChI is InChI=1S/C17H15FN2O.C2H6/c1-2-19-17(21)15-10-20-16-8-5-12(9-14(15)16)11-3-6-13(18)7-4-11;1-2/h3-10,20H,2H2,1H3,(H,19,21);1-2H3. The molecule has 0 aliphatic carbocycles. The first kappa shape index (κ1) is 16.7. The number of fused-ring (bicyclic) bond motifs is 1. The summed E-state index contributed by atoms with van der Waals surface area (Å²) in [6, 6.07) is 12.2. The van der Waals surface area contributed by atoms with Gasteiger partial charge >= 0.3 is 0 Å². The van der Waals surface area contributed by atoms with Gasteiger partial charge in [-0.1, -0.05) is 32.0 Å². The van der Waals surface area contributed by atoms with E-state index >= 15 is 0 Å². The first-order valence-electron chi connectivity index (χ1n) is 7.84. The number of carbonyl (C=O) groups is 1. The van der Waals surface area contributed by atoms with Gasteiger partial charge in [-0.15, -0.1) is 0 Å². The summed E-state index contributed by atoms with van der Waals surface area (Å²) in [7, 11) is 0. The van der Waals surface area contributed by atoms with Gasteiger partial charge in [0.2, 0.25) is 0 Å². The fraction of sp³-hybridized carbons (Fsp3) is 0.211. The predicted molar refractivity (Wildman–Crippen MR) is 93.0 cm³/mol. The summed E-state index contributed by atoms with van der Waals surface area (Å²) in [4.78, 5) is 15.1. The Morgan fingerprint density at radius 2 is 1.74 bits per heavy atom. The molecule has 1 heterocycles. The zero-order chi connectivity index (χ0) is 16.8. The molecule has 4 heteroatoms. The SMILES string of the molecule is CC.CCNC(=O)c1c[nH]c2ccc(-c3ccc(F)cc3)cc12. The van der Waals surface area contributed by atoms with Crippen LogP contribution in [0.15, 0.2) is 48.7 Å². The maximum absolute atomic E-state index is 13.0. The van der Waals surface area contributed by atoms with Gasteiger partial charge in [0.1, 0.15) is 5.82 Å². The van der Waals surface area contributed by atoms with Crippen molar-refractivity contribution in [3.8, 4) is 11.1 Å². The molecule has 1 aromatic heterocycles. The number of hydrogen-bond donors (Lipinski definition) is 2. The van der Waals surface area contributed by atoms with E-state index in [2.05, 4.69) is 10.3 Å². The van der Waals surface area contributed by atoms with E-state index in [4.69, 9.17) is 0 Å². The summed E-state index contributed by atoms with van der Waals surface area (Å²) < 4.78 is 13.0. The van der Waals surface area contributed by atoms with Crippen molar-refractivity contribution in [2.45, 2.75) is 20.8 Å². The maximum Gasteiger partial charge on any atom is 0.253 e. The summed E-state index contributed by atoms with van der Waals surface area (Å²) in [5.41, 5.74) is 3.40. The smallest absolute Gasteiger partial charge is 0.253 e. The van der Waals surface area contributed by atoms with Gasteiger partial charge in [-0.25, -0.2) is 4.39 Å². The molecule has 0 saturated heterocycles. The highest BCUT2D eigenvalue weighted by atomic mass is 19.1. The number of H-pyrrole nitrogens is 1. The Bertz CT molecular complexity index is 791. The van der Waals surface area contributed by atoms with Gasteiger partial charge < -0.3 is 10.3 Å². The lowest BCUT2D eigenvalue weighted by molar-refractivity contribution is 0.0957. The Labute approximate surface area is 135 Å². The first-order valence-corrected chi connectivity index (χ1v) is 7.84. The van der Waals surface area contributed by atoms with E-state index in [1.807, 2.05) is 39.0 Å². The largest absolute Gasteiger partial charge is 0.360 e. The molecule has 2 N–H and O–H groups in total. The Kier molecular flexibility index (Phi) is 5.52. The van der Waals surface area contributed by atoms with Crippen LogP contribution in [0.2, 0.25) is 0 Å². The Hall–Kier alpha value is -2.62. The van der Waals surface area contributed by atoms with Gasteiger partial charge in [0.05, 0.1) is 5.56 Å². The first-order chi connectivity index (χ1) is 11.2. The second kappa shape index (κ2) is 7.58. The molecule has 3 rings (SSSR count). The molecular weight excluding hydrogens is 291 g/mol. The van der Waals surface area contributed by atoms with Crippen molar-refractivity contribution in [3.05, 3.63) is 60.0 Å². The lowest BCUT2D eigenvalue weighted by Gasteiger charge is -2.04. The highest BCUT2D eigenvalue weighted by Crippen LogP contribution is 2.26. The summed E-state index contributed by atoms with van der Waals surface area (Å²) in [6.07, 6.45) is 1.71. The second-order valence-corrected chi connectivity index (χ2v) is 4.83. The highest BCUT2D eigenvalue weighted by Gasteiger charge is 2.12. The van der Waals surface area contributed by atoms with Crippen LogP contribution in [0, 0.1) is 5.82 Å². The summed E-state index contributed by atoms with van der Waals surface area (Å²) in [5.74, 6) is -0.357. The van der Waals surface area contributed by atoms with E-state index in [0.717, 1.165) is 22.0 Å². The molecule has 120 valence electrons. The lowest BCUT2D eigenvalue weighted by atomic mass is 10.0. The molecule has 0 unspecified atom stereocenters. The van der Waals surface area contributed by atoms with Gasteiger partial charge in [0, 0.05) is 23.6 Å². The zero-order valence-corrected chi connectivity index (χ0v) is 13.6. The second-order valence-electron chi connectivity index (χ2n) is 4.83. The van der Waals surface area contributed by atoms with Crippen LogP contribution in [0.1, 0.15) is 31.1 Å². The fourth-order valence-corrected chi connectivity index (χ4v) is 2.39. The summed E-state index contributed by atoms with van der Waals surface area (Å²) in [5, 5.41) is 3.66. The molecule has 0 fully saturated rings. The molecule has 0 bridgehead atoms. The Balaban J connectivity index is 0.000000924. The van der Waals surface area contributed by atoms with Crippen LogP contribution in [0.25, 0.3) is 22.0 Å².